The predicted octanol–water partition coefficient (Wildman–Crippen LogP) is 4.38. The monoisotopic (exact) mass is 527 g/mol. The maximum atomic E-state index is 13.0. The van der Waals surface area contributed by atoms with E-state index in [1.54, 1.807) is 0 Å². The molecule has 0 aliphatic carbocycles. The van der Waals surface area contributed by atoms with Gasteiger partial charge < -0.3 is 5.32 Å². The van der Waals surface area contributed by atoms with Gasteiger partial charge in [-0.2, -0.15) is 69.9 Å². The molecule has 190 valence electrons. The van der Waals surface area contributed by atoms with Gasteiger partial charge in [-0.05, 0) is 14.1 Å². The molecule has 0 saturated carbocycles. The van der Waals surface area contributed by atoms with Gasteiger partial charge in [0.05, 0.1) is 0 Å². The van der Waals surface area contributed by atoms with E-state index in [0.29, 0.717) is 0 Å². The number of hydrogen-bond donors (Lipinski definition) is 2. The first-order chi connectivity index (χ1) is 13.1. The fourth-order valence-corrected chi connectivity index (χ4v) is 1.73. The maximum Gasteiger partial charge on any atom is 0.438 e. The Hall–Kier alpha value is -1.25. The van der Waals surface area contributed by atoms with Crippen LogP contribution in [0.3, 0.4) is 0 Å². The molecule has 4 nitrogen and oxygen atoms in total. The van der Waals surface area contributed by atoms with Crippen LogP contribution in [0.25, 0.3) is 0 Å². The topological polar surface area (TPSA) is 66.4 Å². The Kier molecular flexibility index (Phi) is 8.85. The van der Waals surface area contributed by atoms with Gasteiger partial charge in [-0.3, -0.25) is 4.55 Å². The molecule has 0 unspecified atom stereocenters. The summed E-state index contributed by atoms with van der Waals surface area (Å²) >= 11 is 0. The maximum absolute atomic E-state index is 13.0. The van der Waals surface area contributed by atoms with E-state index >= 15 is 0 Å². The number of halogens is 16. The molecule has 0 heterocycles. The van der Waals surface area contributed by atoms with Crippen molar-refractivity contribution in [2.45, 2.75) is 47.2 Å². The van der Waals surface area contributed by atoms with Crippen LogP contribution in [0.1, 0.15) is 0 Å². The van der Waals surface area contributed by atoms with Gasteiger partial charge in [0, 0.05) is 0 Å². The molecule has 0 aliphatic rings. The van der Waals surface area contributed by atoms with Gasteiger partial charge in [0.25, 0.3) is 0 Å². The van der Waals surface area contributed by atoms with E-state index in [0.717, 1.165) is 0 Å². The fraction of sp³-hybridized carbons (Fsp3) is 1.00. The zero-order valence-corrected chi connectivity index (χ0v) is 15.1. The molecule has 0 bridgehead atoms. The van der Waals surface area contributed by atoms with Crippen LogP contribution in [0, 0.1) is 0 Å². The number of hydrogen-bond acceptors (Lipinski definition) is 3. The van der Waals surface area contributed by atoms with E-state index < -0.39 is 57.3 Å². The minimum Gasteiger partial charge on any atom is -0.323 e. The standard InChI is InChI=1S/C8H2F16O3S.C2H7N/c9-1(10)2(11,12)3(13,14)4(15,16)5(17,18)6(19,20)7(21,22)8(23,24)28(25,26)27;1-3-2/h1H,(H,25,26,27);3H,1-2H3. The smallest absolute Gasteiger partial charge is 0.323 e. The summed E-state index contributed by atoms with van der Waals surface area (Å²) in [6.07, 6.45) is -5.97. The highest BCUT2D eigenvalue weighted by Gasteiger charge is 2.94. The van der Waals surface area contributed by atoms with E-state index in [9.17, 15) is 78.7 Å². The molecular formula is C10H9F16NO3S. The Bertz CT molecular complexity index is 719. The van der Waals surface area contributed by atoms with Gasteiger partial charge in [0.2, 0.25) is 0 Å². The van der Waals surface area contributed by atoms with Crippen molar-refractivity contribution >= 4 is 10.1 Å². The van der Waals surface area contributed by atoms with Crippen LogP contribution in [0.2, 0.25) is 0 Å². The number of alkyl halides is 16. The zero-order chi connectivity index (χ0) is 26.3. The lowest BCUT2D eigenvalue weighted by molar-refractivity contribution is -0.441. The molecule has 2 N–H and O–H groups in total. The average Bonchev–Trinajstić information content (AvgIpc) is 2.53. The van der Waals surface area contributed by atoms with Crippen molar-refractivity contribution < 1.29 is 83.2 Å². The van der Waals surface area contributed by atoms with E-state index in [1.807, 2.05) is 14.1 Å². The summed E-state index contributed by atoms with van der Waals surface area (Å²) in [6, 6.07) is 0. The second-order valence-corrected chi connectivity index (χ2v) is 6.75. The summed E-state index contributed by atoms with van der Waals surface area (Å²) in [5.74, 6) is -50.1. The summed E-state index contributed by atoms with van der Waals surface area (Å²) < 4.78 is 231. The molecule has 0 atom stereocenters. The number of rotatable bonds is 8. The van der Waals surface area contributed by atoms with E-state index in [-0.39, 0.29) is 0 Å². The third kappa shape index (κ3) is 4.48. The second kappa shape index (κ2) is 8.60. The van der Waals surface area contributed by atoms with Crippen molar-refractivity contribution in [1.29, 1.82) is 0 Å². The summed E-state index contributed by atoms with van der Waals surface area (Å²) in [6.45, 7) is 0. The normalized spacial score (nSPS) is 15.6. The molecule has 0 saturated heterocycles. The molecule has 0 amide bonds. The molecule has 0 aromatic carbocycles. The van der Waals surface area contributed by atoms with Crippen LogP contribution < -0.4 is 5.32 Å². The molecule has 21 heteroatoms. The first-order valence-electron chi connectivity index (χ1n) is 6.59. The molecule has 31 heavy (non-hydrogen) atoms. The Balaban J connectivity index is 0. The average molecular weight is 527 g/mol. The van der Waals surface area contributed by atoms with Crippen molar-refractivity contribution in [3.05, 3.63) is 0 Å². The summed E-state index contributed by atoms with van der Waals surface area (Å²) in [4.78, 5) is 0. The molecular weight excluding hydrogens is 518 g/mol. The lowest BCUT2D eigenvalue weighted by Gasteiger charge is -2.41. The summed E-state index contributed by atoms with van der Waals surface area (Å²) in [5, 5.41) is -5.01. The van der Waals surface area contributed by atoms with E-state index in [4.69, 9.17) is 4.55 Å². The fourth-order valence-electron chi connectivity index (χ4n) is 1.28. The molecule has 0 spiro atoms. The number of nitrogens with one attached hydrogen (secondary N) is 1. The van der Waals surface area contributed by atoms with Crippen LogP contribution in [-0.2, 0) is 10.1 Å². The first kappa shape index (κ1) is 31.9. The van der Waals surface area contributed by atoms with Crippen molar-refractivity contribution in [2.75, 3.05) is 14.1 Å². The van der Waals surface area contributed by atoms with Gasteiger partial charge in [0.15, 0.2) is 0 Å². The van der Waals surface area contributed by atoms with Crippen LogP contribution in [0.5, 0.6) is 0 Å². The predicted molar refractivity (Wildman–Crippen MR) is 67.2 cm³/mol. The molecule has 0 aromatic heterocycles. The van der Waals surface area contributed by atoms with Gasteiger partial charge in [-0.1, -0.05) is 0 Å². The molecule has 0 radical (unpaired) electrons. The van der Waals surface area contributed by atoms with Gasteiger partial charge in [-0.15, -0.1) is 0 Å². The van der Waals surface area contributed by atoms with Crippen molar-refractivity contribution in [2.24, 2.45) is 0 Å². The third-order valence-corrected chi connectivity index (χ3v) is 3.86. The van der Waals surface area contributed by atoms with Crippen molar-refractivity contribution in [3.8, 4) is 0 Å². The third-order valence-electron chi connectivity index (χ3n) is 2.96. The Morgan fingerprint density at radius 2 is 0.839 bits per heavy atom. The Labute approximate surface area is 161 Å². The van der Waals surface area contributed by atoms with Crippen LogP contribution >= 0.6 is 0 Å². The Morgan fingerprint density at radius 3 is 1.06 bits per heavy atom. The minimum atomic E-state index is -8.71. The van der Waals surface area contributed by atoms with Gasteiger partial charge >= 0.3 is 57.3 Å². The lowest BCUT2D eigenvalue weighted by Crippen LogP contribution is -2.74. The lowest BCUT2D eigenvalue weighted by atomic mass is 9.91. The van der Waals surface area contributed by atoms with Crippen LogP contribution in [0.15, 0.2) is 0 Å². The van der Waals surface area contributed by atoms with Crippen molar-refractivity contribution in [3.63, 3.8) is 0 Å². The van der Waals surface area contributed by atoms with E-state index in [2.05, 4.69) is 5.32 Å². The van der Waals surface area contributed by atoms with Gasteiger partial charge in [-0.25, -0.2) is 8.78 Å². The highest BCUT2D eigenvalue weighted by Crippen LogP contribution is 2.63. The molecule has 0 fully saturated rings. The summed E-state index contributed by atoms with van der Waals surface area (Å²) in [5.41, 5.74) is 0. The SMILES string of the molecule is CNC.O=S(=O)(O)C(F)(F)C(F)(F)C(F)(F)C(F)(F)C(F)(F)C(F)(F)C(F)(F)C(F)F. The van der Waals surface area contributed by atoms with Crippen LogP contribution in [0.4, 0.5) is 70.2 Å². The summed E-state index contributed by atoms with van der Waals surface area (Å²) in [7, 11) is -4.07. The largest absolute Gasteiger partial charge is 0.438 e. The quantitative estimate of drug-likeness (QED) is 0.364. The first-order valence-corrected chi connectivity index (χ1v) is 8.03. The van der Waals surface area contributed by atoms with E-state index in [1.165, 1.54) is 0 Å². The molecule has 0 rings (SSSR count). The van der Waals surface area contributed by atoms with Crippen LogP contribution in [-0.4, -0.2) is 74.3 Å². The minimum absolute atomic E-state index is 1.88. The molecule has 0 aliphatic heterocycles. The highest BCUT2D eigenvalue weighted by molar-refractivity contribution is 7.87. The highest BCUT2D eigenvalue weighted by atomic mass is 32.2. The molecule has 0 aromatic rings. The zero-order valence-electron chi connectivity index (χ0n) is 14.3. The second-order valence-electron chi connectivity index (χ2n) is 5.29. The Morgan fingerprint density at radius 1 is 0.613 bits per heavy atom. The van der Waals surface area contributed by atoms with Gasteiger partial charge in [0.1, 0.15) is 0 Å². The van der Waals surface area contributed by atoms with Crippen molar-refractivity contribution in [1.82, 2.24) is 5.32 Å².